The van der Waals surface area contributed by atoms with E-state index in [1.54, 1.807) is 35.5 Å². The van der Waals surface area contributed by atoms with E-state index in [2.05, 4.69) is 24.7 Å². The molecule has 0 unspecified atom stereocenters. The highest BCUT2D eigenvalue weighted by molar-refractivity contribution is 7.92. The normalized spacial score (nSPS) is 18.7. The summed E-state index contributed by atoms with van der Waals surface area (Å²) in [4.78, 5) is 34.5. The molecule has 2 aliphatic heterocycles. The molecule has 0 radical (unpaired) electrons. The predicted molar refractivity (Wildman–Crippen MR) is 184 cm³/mol. The van der Waals surface area contributed by atoms with Crippen LogP contribution in [0.4, 0.5) is 5.95 Å². The minimum absolute atomic E-state index is 0.0831. The first-order valence-electron chi connectivity index (χ1n) is 16.3. The van der Waals surface area contributed by atoms with Crippen LogP contribution in [0.5, 0.6) is 11.6 Å². The summed E-state index contributed by atoms with van der Waals surface area (Å²) in [6.45, 7) is 4.44. The number of amides is 1. The van der Waals surface area contributed by atoms with E-state index >= 15 is 0 Å². The van der Waals surface area contributed by atoms with Gasteiger partial charge >= 0.3 is 0 Å². The van der Waals surface area contributed by atoms with Gasteiger partial charge in [-0.15, -0.1) is 0 Å². The maximum atomic E-state index is 14.5. The zero-order valence-corrected chi connectivity index (χ0v) is 28.1. The molecular formula is C37H36N6O5S. The van der Waals surface area contributed by atoms with Gasteiger partial charge in [-0.25, -0.2) is 28.1 Å². The average molecular weight is 677 g/mol. The van der Waals surface area contributed by atoms with Crippen LogP contribution in [-0.4, -0.2) is 51.8 Å². The summed E-state index contributed by atoms with van der Waals surface area (Å²) in [6, 6.07) is 22.6. The van der Waals surface area contributed by atoms with Crippen LogP contribution < -0.4 is 14.2 Å². The number of benzene rings is 3. The van der Waals surface area contributed by atoms with Crippen molar-refractivity contribution in [1.82, 2.24) is 24.8 Å². The quantitative estimate of drug-likeness (QED) is 0.223. The number of nitrogens with zero attached hydrogens (tertiary/aromatic N) is 5. The van der Waals surface area contributed by atoms with Crippen molar-refractivity contribution in [2.24, 2.45) is 0 Å². The highest BCUT2D eigenvalue weighted by Gasteiger charge is 2.37. The fourth-order valence-corrected chi connectivity index (χ4v) is 7.47. The molecule has 11 nitrogen and oxygen atoms in total. The molecule has 0 saturated carbocycles. The largest absolute Gasteiger partial charge is 0.486 e. The van der Waals surface area contributed by atoms with Crippen LogP contribution in [0.1, 0.15) is 64.6 Å². The summed E-state index contributed by atoms with van der Waals surface area (Å²) in [6.07, 6.45) is 6.24. The molecule has 1 N–H and O–H groups in total. The van der Waals surface area contributed by atoms with Crippen LogP contribution in [-0.2, 0) is 16.6 Å². The zero-order chi connectivity index (χ0) is 34.0. The lowest BCUT2D eigenvalue weighted by atomic mass is 10.00. The SMILES string of the molecule is Cc1cccc(C)c1-c1cc2nc(n1)NS(=O)(=O)c1cccc(c1)C(=O)N1[C@@H](CCCC[C@@H]1c1ncc(OCc3ccccc3)cn1)CO2. The molecule has 4 heterocycles. The van der Waals surface area contributed by atoms with E-state index in [1.807, 2.05) is 62.4 Å². The summed E-state index contributed by atoms with van der Waals surface area (Å²) in [5, 5.41) is 0. The molecule has 0 aliphatic carbocycles. The van der Waals surface area contributed by atoms with Crippen molar-refractivity contribution < 1.29 is 22.7 Å². The van der Waals surface area contributed by atoms with Crippen molar-refractivity contribution in [1.29, 1.82) is 0 Å². The molecule has 2 atom stereocenters. The van der Waals surface area contributed by atoms with Crippen LogP contribution in [0, 0.1) is 13.8 Å². The first kappa shape index (κ1) is 32.2. The number of aryl methyl sites for hydroxylation is 2. The monoisotopic (exact) mass is 676 g/mol. The second-order valence-electron chi connectivity index (χ2n) is 12.3. The first-order chi connectivity index (χ1) is 23.7. The number of carbonyl (C=O) groups excluding carboxylic acids is 1. The van der Waals surface area contributed by atoms with E-state index in [1.165, 1.54) is 12.1 Å². The number of sulfonamides is 1. The molecule has 0 spiro atoms. The molecule has 2 aromatic heterocycles. The van der Waals surface area contributed by atoms with Gasteiger partial charge in [-0.05, 0) is 61.6 Å². The molecule has 3 aromatic carbocycles. The molecule has 49 heavy (non-hydrogen) atoms. The van der Waals surface area contributed by atoms with Crippen LogP contribution >= 0.6 is 0 Å². The van der Waals surface area contributed by atoms with Gasteiger partial charge in [0.2, 0.25) is 11.8 Å². The van der Waals surface area contributed by atoms with Gasteiger partial charge in [0.25, 0.3) is 15.9 Å². The van der Waals surface area contributed by atoms with Crippen LogP contribution in [0.2, 0.25) is 0 Å². The van der Waals surface area contributed by atoms with Crippen molar-refractivity contribution in [3.63, 3.8) is 0 Å². The average Bonchev–Trinajstić information content (AvgIpc) is 3.32. The number of carbonyl (C=O) groups is 1. The minimum atomic E-state index is -4.17. The molecule has 1 amide bonds. The zero-order valence-electron chi connectivity index (χ0n) is 27.2. The van der Waals surface area contributed by atoms with Gasteiger partial charge < -0.3 is 14.4 Å². The summed E-state index contributed by atoms with van der Waals surface area (Å²) in [5.74, 6) is 0.731. The fraction of sp³-hybridized carbons (Fsp3) is 0.270. The third-order valence-corrected chi connectivity index (χ3v) is 10.2. The number of ether oxygens (including phenoxy) is 2. The Morgan fingerprint density at radius 1 is 0.898 bits per heavy atom. The molecule has 2 aliphatic rings. The highest BCUT2D eigenvalue weighted by atomic mass is 32.2. The van der Waals surface area contributed by atoms with Crippen molar-refractivity contribution in [3.8, 4) is 22.9 Å². The van der Waals surface area contributed by atoms with E-state index in [0.717, 1.165) is 35.1 Å². The number of fused-ring (bicyclic) bond motifs is 5. The summed E-state index contributed by atoms with van der Waals surface area (Å²) in [5.41, 5.74) is 4.59. The Morgan fingerprint density at radius 2 is 1.63 bits per heavy atom. The maximum Gasteiger partial charge on any atom is 0.264 e. The van der Waals surface area contributed by atoms with Crippen molar-refractivity contribution >= 4 is 21.9 Å². The van der Waals surface area contributed by atoms with E-state index in [4.69, 9.17) is 9.47 Å². The van der Waals surface area contributed by atoms with Gasteiger partial charge in [-0.1, -0.05) is 67.4 Å². The van der Waals surface area contributed by atoms with Crippen LogP contribution in [0.3, 0.4) is 0 Å². The van der Waals surface area contributed by atoms with Crippen LogP contribution in [0.15, 0.2) is 96.2 Å². The van der Waals surface area contributed by atoms with Gasteiger partial charge in [0.05, 0.1) is 35.1 Å². The first-order valence-corrected chi connectivity index (χ1v) is 17.8. The van der Waals surface area contributed by atoms with Crippen LogP contribution in [0.25, 0.3) is 11.3 Å². The van der Waals surface area contributed by atoms with E-state index in [0.29, 0.717) is 36.7 Å². The topological polar surface area (TPSA) is 136 Å². The van der Waals surface area contributed by atoms with E-state index in [9.17, 15) is 13.2 Å². The Balaban J connectivity index is 1.27. The Bertz CT molecular complexity index is 2070. The molecule has 5 aromatic rings. The third-order valence-electron chi connectivity index (χ3n) is 8.90. The summed E-state index contributed by atoms with van der Waals surface area (Å²) < 4.78 is 42.1. The highest BCUT2D eigenvalue weighted by Crippen LogP contribution is 2.35. The minimum Gasteiger partial charge on any atom is -0.486 e. The Labute approximate surface area is 285 Å². The van der Waals surface area contributed by atoms with Crippen molar-refractivity contribution in [3.05, 3.63) is 119 Å². The van der Waals surface area contributed by atoms with Gasteiger partial charge in [0.1, 0.15) is 13.2 Å². The van der Waals surface area contributed by atoms with Gasteiger partial charge in [0.15, 0.2) is 11.6 Å². The molecule has 250 valence electrons. The standard InChI is InChI=1S/C37H36N6O5S/c1-24-10-8-11-25(2)34(24)31-19-33-41-37(40-31)42-49(45,46)30-16-9-14-27(18-30)36(44)43-28(23-48-33)15-6-7-17-32(43)35-38-20-29(21-39-35)47-22-26-12-4-3-5-13-26/h3-5,8-14,16,18-21,28,32H,6-7,15,17,22-23H2,1-2H3,(H,40,41,42)/t28-,32+/m0/s1. The number of aromatic nitrogens is 4. The second kappa shape index (κ2) is 13.6. The molecule has 1 fully saturated rings. The molecular weight excluding hydrogens is 641 g/mol. The lowest BCUT2D eigenvalue weighted by molar-refractivity contribution is 0.0473. The van der Waals surface area contributed by atoms with Gasteiger partial charge in [-0.3, -0.25) is 4.79 Å². The van der Waals surface area contributed by atoms with Crippen molar-refractivity contribution in [2.75, 3.05) is 11.3 Å². The molecule has 1 saturated heterocycles. The smallest absolute Gasteiger partial charge is 0.264 e. The number of hydrogen-bond acceptors (Lipinski definition) is 9. The third kappa shape index (κ3) is 6.95. The van der Waals surface area contributed by atoms with Crippen molar-refractivity contribution in [2.45, 2.75) is 63.1 Å². The number of nitrogens with one attached hydrogen (secondary N) is 1. The number of anilines is 1. The molecule has 4 bridgehead atoms. The Kier molecular flexibility index (Phi) is 8.96. The maximum absolute atomic E-state index is 14.5. The lowest BCUT2D eigenvalue weighted by Crippen LogP contribution is -2.45. The number of rotatable bonds is 5. The number of hydrogen-bond donors (Lipinski definition) is 1. The molecule has 7 rings (SSSR count). The summed E-state index contributed by atoms with van der Waals surface area (Å²) in [7, 11) is -4.17. The Morgan fingerprint density at radius 3 is 2.41 bits per heavy atom. The van der Waals surface area contributed by atoms with Gasteiger partial charge in [0, 0.05) is 17.2 Å². The molecule has 12 heteroatoms. The summed E-state index contributed by atoms with van der Waals surface area (Å²) >= 11 is 0. The van der Waals surface area contributed by atoms with E-state index in [-0.39, 0.29) is 40.8 Å². The second-order valence-corrected chi connectivity index (χ2v) is 14.0. The predicted octanol–water partition coefficient (Wildman–Crippen LogP) is 6.45. The Hall–Kier alpha value is -5.36. The lowest BCUT2D eigenvalue weighted by Gasteiger charge is -2.35. The van der Waals surface area contributed by atoms with E-state index < -0.39 is 16.1 Å². The van der Waals surface area contributed by atoms with Gasteiger partial charge in [-0.2, -0.15) is 4.98 Å². The fourth-order valence-electron chi connectivity index (χ4n) is 6.49.